The van der Waals surface area contributed by atoms with Crippen molar-refractivity contribution in [2.24, 2.45) is 0 Å². The summed E-state index contributed by atoms with van der Waals surface area (Å²) in [5.41, 5.74) is 2.55. The summed E-state index contributed by atoms with van der Waals surface area (Å²) in [7, 11) is 0. The predicted molar refractivity (Wildman–Crippen MR) is 68.0 cm³/mol. The number of allylic oxidation sites excluding steroid dienone is 1. The van der Waals surface area contributed by atoms with Crippen LogP contribution in [0.5, 0.6) is 0 Å². The highest BCUT2D eigenvalue weighted by Crippen LogP contribution is 2.18. The Morgan fingerprint density at radius 3 is 2.56 bits per heavy atom. The molecule has 0 saturated heterocycles. The minimum absolute atomic E-state index is 0.0140. The van der Waals surface area contributed by atoms with Crippen molar-refractivity contribution in [2.45, 2.75) is 26.7 Å². The van der Waals surface area contributed by atoms with Gasteiger partial charge in [0.25, 0.3) is 0 Å². The Labute approximate surface area is 97.4 Å². The van der Waals surface area contributed by atoms with Crippen molar-refractivity contribution in [2.75, 3.05) is 6.54 Å². The fourth-order valence-corrected chi connectivity index (χ4v) is 1.60. The number of benzene rings is 1. The van der Waals surface area contributed by atoms with Gasteiger partial charge in [-0.3, -0.25) is 4.79 Å². The zero-order valence-corrected chi connectivity index (χ0v) is 9.99. The van der Waals surface area contributed by atoms with Crippen molar-refractivity contribution < 1.29 is 4.79 Å². The number of nitrogens with one attached hydrogen (secondary N) is 1. The lowest BCUT2D eigenvalue weighted by Gasteiger charge is -2.07. The fourth-order valence-electron chi connectivity index (χ4n) is 1.60. The second-order valence-corrected chi connectivity index (χ2v) is 3.78. The normalized spacial score (nSPS) is 11.2. The summed E-state index contributed by atoms with van der Waals surface area (Å²) in [6.45, 7) is 4.31. The monoisotopic (exact) mass is 217 g/mol. The van der Waals surface area contributed by atoms with E-state index in [4.69, 9.17) is 0 Å². The van der Waals surface area contributed by atoms with Crippen LogP contribution in [0.3, 0.4) is 0 Å². The van der Waals surface area contributed by atoms with Gasteiger partial charge in [0.2, 0.25) is 5.91 Å². The highest BCUT2D eigenvalue weighted by molar-refractivity contribution is 5.73. The first kappa shape index (κ1) is 12.5. The van der Waals surface area contributed by atoms with E-state index < -0.39 is 0 Å². The van der Waals surface area contributed by atoms with Crippen LogP contribution in [0.15, 0.2) is 36.4 Å². The molecule has 0 spiro atoms. The van der Waals surface area contributed by atoms with Crippen molar-refractivity contribution in [3.63, 3.8) is 0 Å². The smallest absolute Gasteiger partial charge is 0.217 e. The molecule has 0 aliphatic carbocycles. The Bertz CT molecular complexity index is 354. The van der Waals surface area contributed by atoms with Crippen LogP contribution >= 0.6 is 0 Å². The molecular formula is C14H19NO. The highest BCUT2D eigenvalue weighted by atomic mass is 16.1. The number of hydrogen-bond acceptors (Lipinski definition) is 1. The van der Waals surface area contributed by atoms with Gasteiger partial charge < -0.3 is 5.32 Å². The highest BCUT2D eigenvalue weighted by Gasteiger charge is 1.99. The Morgan fingerprint density at radius 1 is 1.31 bits per heavy atom. The van der Waals surface area contributed by atoms with Gasteiger partial charge in [0.1, 0.15) is 0 Å². The first-order chi connectivity index (χ1) is 7.74. The van der Waals surface area contributed by atoms with E-state index in [0.29, 0.717) is 6.54 Å². The predicted octanol–water partition coefficient (Wildman–Crippen LogP) is 3.01. The van der Waals surface area contributed by atoms with Crippen LogP contribution in [-0.2, 0) is 4.79 Å². The molecule has 0 aromatic heterocycles. The summed E-state index contributed by atoms with van der Waals surface area (Å²) < 4.78 is 0. The van der Waals surface area contributed by atoms with Gasteiger partial charge >= 0.3 is 0 Å². The first-order valence-corrected chi connectivity index (χ1v) is 5.73. The van der Waals surface area contributed by atoms with E-state index in [9.17, 15) is 4.79 Å². The third-order valence-electron chi connectivity index (χ3n) is 2.36. The molecule has 0 atom stereocenters. The van der Waals surface area contributed by atoms with Crippen molar-refractivity contribution in [3.05, 3.63) is 42.0 Å². The van der Waals surface area contributed by atoms with Gasteiger partial charge in [0.05, 0.1) is 0 Å². The SMILES string of the molecule is CCC/C(=C\CNC(C)=O)c1ccccc1. The molecule has 16 heavy (non-hydrogen) atoms. The van der Waals surface area contributed by atoms with Gasteiger partial charge in [0, 0.05) is 13.5 Å². The summed E-state index contributed by atoms with van der Waals surface area (Å²) in [6.07, 6.45) is 4.25. The molecule has 0 heterocycles. The van der Waals surface area contributed by atoms with Gasteiger partial charge in [-0.2, -0.15) is 0 Å². The molecule has 2 nitrogen and oxygen atoms in total. The number of carbonyl (C=O) groups excluding carboxylic acids is 1. The third-order valence-corrected chi connectivity index (χ3v) is 2.36. The molecule has 1 aromatic rings. The molecule has 0 aliphatic rings. The molecule has 0 radical (unpaired) electrons. The van der Waals surface area contributed by atoms with Crippen molar-refractivity contribution >= 4 is 11.5 Å². The molecule has 2 heteroatoms. The molecule has 1 rings (SSSR count). The van der Waals surface area contributed by atoms with E-state index in [2.05, 4.69) is 30.4 Å². The Morgan fingerprint density at radius 2 is 2.00 bits per heavy atom. The summed E-state index contributed by atoms with van der Waals surface area (Å²) >= 11 is 0. The lowest BCUT2D eigenvalue weighted by Crippen LogP contribution is -2.19. The summed E-state index contributed by atoms with van der Waals surface area (Å²) in [5.74, 6) is 0.0140. The van der Waals surface area contributed by atoms with E-state index in [1.165, 1.54) is 18.1 Å². The van der Waals surface area contributed by atoms with E-state index >= 15 is 0 Å². The molecular weight excluding hydrogens is 198 g/mol. The maximum absolute atomic E-state index is 10.8. The third kappa shape index (κ3) is 4.30. The van der Waals surface area contributed by atoms with Gasteiger partial charge in [-0.25, -0.2) is 0 Å². The standard InChI is InChI=1S/C14H19NO/c1-3-7-13(10-11-15-12(2)16)14-8-5-4-6-9-14/h4-6,8-10H,3,7,11H2,1-2H3,(H,15,16)/b13-10+. The maximum atomic E-state index is 10.8. The van der Waals surface area contributed by atoms with Gasteiger partial charge in [-0.1, -0.05) is 49.8 Å². The minimum Gasteiger partial charge on any atom is -0.353 e. The molecule has 1 aromatic carbocycles. The number of amides is 1. The van der Waals surface area contributed by atoms with Gasteiger partial charge in [0.15, 0.2) is 0 Å². The second-order valence-electron chi connectivity index (χ2n) is 3.78. The van der Waals surface area contributed by atoms with Gasteiger partial charge in [-0.05, 0) is 17.6 Å². The van der Waals surface area contributed by atoms with Crippen LogP contribution in [0.25, 0.3) is 5.57 Å². The van der Waals surface area contributed by atoms with Crippen LogP contribution in [0.1, 0.15) is 32.3 Å². The maximum Gasteiger partial charge on any atom is 0.217 e. The average molecular weight is 217 g/mol. The van der Waals surface area contributed by atoms with Crippen molar-refractivity contribution in [3.8, 4) is 0 Å². The minimum atomic E-state index is 0.0140. The quantitative estimate of drug-likeness (QED) is 0.807. The Kier molecular flexibility index (Phi) is 5.34. The van der Waals surface area contributed by atoms with Crippen LogP contribution in [-0.4, -0.2) is 12.5 Å². The summed E-state index contributed by atoms with van der Waals surface area (Å²) in [5, 5.41) is 2.79. The number of rotatable bonds is 5. The molecule has 0 saturated carbocycles. The second kappa shape index (κ2) is 6.83. The van der Waals surface area contributed by atoms with Crippen LogP contribution in [0.4, 0.5) is 0 Å². The molecule has 1 amide bonds. The van der Waals surface area contributed by atoms with E-state index in [-0.39, 0.29) is 5.91 Å². The topological polar surface area (TPSA) is 29.1 Å². The zero-order chi connectivity index (χ0) is 11.8. The van der Waals surface area contributed by atoms with E-state index in [1.807, 2.05) is 18.2 Å². The van der Waals surface area contributed by atoms with Crippen molar-refractivity contribution in [1.29, 1.82) is 0 Å². The lowest BCUT2D eigenvalue weighted by atomic mass is 10.0. The van der Waals surface area contributed by atoms with E-state index in [1.54, 1.807) is 0 Å². The average Bonchev–Trinajstić information content (AvgIpc) is 2.29. The molecule has 0 unspecified atom stereocenters. The molecule has 86 valence electrons. The molecule has 0 fully saturated rings. The number of hydrogen-bond donors (Lipinski definition) is 1. The lowest BCUT2D eigenvalue weighted by molar-refractivity contribution is -0.118. The molecule has 1 N–H and O–H groups in total. The largest absolute Gasteiger partial charge is 0.353 e. The van der Waals surface area contributed by atoms with E-state index in [0.717, 1.165) is 12.8 Å². The Hall–Kier alpha value is -1.57. The van der Waals surface area contributed by atoms with Crippen molar-refractivity contribution in [1.82, 2.24) is 5.32 Å². The zero-order valence-electron chi connectivity index (χ0n) is 9.99. The van der Waals surface area contributed by atoms with Crippen LogP contribution in [0.2, 0.25) is 0 Å². The summed E-state index contributed by atoms with van der Waals surface area (Å²) in [4.78, 5) is 10.8. The van der Waals surface area contributed by atoms with Crippen LogP contribution < -0.4 is 5.32 Å². The first-order valence-electron chi connectivity index (χ1n) is 5.73. The fraction of sp³-hybridized carbons (Fsp3) is 0.357. The Balaban J connectivity index is 2.71. The number of carbonyl (C=O) groups is 1. The van der Waals surface area contributed by atoms with Gasteiger partial charge in [-0.15, -0.1) is 0 Å². The summed E-state index contributed by atoms with van der Waals surface area (Å²) in [6, 6.07) is 10.3. The molecule has 0 aliphatic heterocycles. The molecule has 0 bridgehead atoms. The van der Waals surface area contributed by atoms with Crippen LogP contribution in [0, 0.1) is 0 Å².